The lowest BCUT2D eigenvalue weighted by Gasteiger charge is -2.28. The molecule has 2 heteroatoms. The Morgan fingerprint density at radius 1 is 1.58 bits per heavy atom. The summed E-state index contributed by atoms with van der Waals surface area (Å²) in [6.07, 6.45) is 2.59. The maximum atomic E-state index is 6.06. The van der Waals surface area contributed by atoms with Crippen LogP contribution >= 0.6 is 11.6 Å². The summed E-state index contributed by atoms with van der Waals surface area (Å²) >= 11 is 6.06. The van der Waals surface area contributed by atoms with Crippen molar-refractivity contribution >= 4 is 11.6 Å². The molecule has 1 atom stereocenters. The minimum absolute atomic E-state index is 0.0186. The number of rotatable bonds is 5. The molecule has 0 amide bonds. The van der Waals surface area contributed by atoms with Crippen LogP contribution in [0.1, 0.15) is 20.3 Å². The van der Waals surface area contributed by atoms with E-state index in [0.717, 1.165) is 12.1 Å². The van der Waals surface area contributed by atoms with Crippen molar-refractivity contribution in [2.75, 3.05) is 7.05 Å². The number of halogens is 1. The Morgan fingerprint density at radius 3 is 2.42 bits per heavy atom. The Balaban J connectivity index is 4.08. The third-order valence-electron chi connectivity index (χ3n) is 1.96. The predicted octanol–water partition coefficient (Wildman–Crippen LogP) is 3.02. The Labute approximate surface area is 80.7 Å². The van der Waals surface area contributed by atoms with Gasteiger partial charge in [0.05, 0.1) is 5.38 Å². The highest BCUT2D eigenvalue weighted by molar-refractivity contribution is 6.22. The first-order valence-electron chi connectivity index (χ1n) is 4.17. The van der Waals surface area contributed by atoms with Crippen LogP contribution in [0.5, 0.6) is 0 Å². The average molecular weight is 188 g/mol. The number of nitrogens with zero attached hydrogens (tertiary/aromatic N) is 1. The molecule has 0 bridgehead atoms. The molecular weight excluding hydrogens is 170 g/mol. The fourth-order valence-corrected chi connectivity index (χ4v) is 1.11. The van der Waals surface area contributed by atoms with Gasteiger partial charge < -0.3 is 4.90 Å². The summed E-state index contributed by atoms with van der Waals surface area (Å²) in [6.45, 7) is 11.8. The van der Waals surface area contributed by atoms with Crippen LogP contribution in [0.15, 0.2) is 24.9 Å². The van der Waals surface area contributed by atoms with Crippen LogP contribution in [0.4, 0.5) is 0 Å². The van der Waals surface area contributed by atoms with Crippen LogP contribution < -0.4 is 0 Å². The maximum absolute atomic E-state index is 6.06. The first-order chi connectivity index (χ1) is 5.50. The molecule has 0 aromatic heterocycles. The zero-order chi connectivity index (χ0) is 9.72. The second-order valence-electron chi connectivity index (χ2n) is 3.19. The van der Waals surface area contributed by atoms with Crippen LogP contribution in [0.2, 0.25) is 0 Å². The topological polar surface area (TPSA) is 3.24 Å². The number of allylic oxidation sites excluding steroid dienone is 2. The maximum Gasteiger partial charge on any atom is 0.0762 e. The Hall–Kier alpha value is -0.430. The molecule has 0 aromatic carbocycles. The van der Waals surface area contributed by atoms with Crippen molar-refractivity contribution in [3.63, 3.8) is 0 Å². The molecule has 12 heavy (non-hydrogen) atoms. The van der Waals surface area contributed by atoms with Crippen molar-refractivity contribution in [2.24, 2.45) is 0 Å². The van der Waals surface area contributed by atoms with Gasteiger partial charge in [0.1, 0.15) is 0 Å². The van der Waals surface area contributed by atoms with E-state index in [1.54, 1.807) is 0 Å². The second-order valence-corrected chi connectivity index (χ2v) is 3.71. The van der Waals surface area contributed by atoms with Crippen molar-refractivity contribution in [3.05, 3.63) is 24.9 Å². The van der Waals surface area contributed by atoms with E-state index in [4.69, 9.17) is 11.6 Å². The van der Waals surface area contributed by atoms with Gasteiger partial charge in [0.15, 0.2) is 0 Å². The van der Waals surface area contributed by atoms with Gasteiger partial charge >= 0.3 is 0 Å². The number of hydrogen-bond donors (Lipinski definition) is 0. The quantitative estimate of drug-likeness (QED) is 0.473. The van der Waals surface area contributed by atoms with Crippen molar-refractivity contribution in [2.45, 2.75) is 31.7 Å². The third-order valence-corrected chi connectivity index (χ3v) is 2.39. The summed E-state index contributed by atoms with van der Waals surface area (Å²) in [6, 6.07) is 0.448. The van der Waals surface area contributed by atoms with Crippen molar-refractivity contribution in [3.8, 4) is 0 Å². The highest BCUT2D eigenvalue weighted by Gasteiger charge is 2.13. The summed E-state index contributed by atoms with van der Waals surface area (Å²) in [5, 5.41) is -0.0186. The van der Waals surface area contributed by atoms with Crippen LogP contribution in [0.3, 0.4) is 0 Å². The van der Waals surface area contributed by atoms with Crippen LogP contribution in [-0.2, 0) is 0 Å². The Kier molecular flexibility index (Phi) is 5.07. The molecule has 0 aliphatic heterocycles. The van der Waals surface area contributed by atoms with Gasteiger partial charge in [-0.25, -0.2) is 0 Å². The molecule has 0 aliphatic rings. The van der Waals surface area contributed by atoms with E-state index in [-0.39, 0.29) is 5.38 Å². The molecule has 0 heterocycles. The molecule has 0 aromatic rings. The summed E-state index contributed by atoms with van der Waals surface area (Å²) in [5.74, 6) is 0. The number of alkyl halides is 1. The van der Waals surface area contributed by atoms with Gasteiger partial charge in [0.25, 0.3) is 0 Å². The minimum atomic E-state index is -0.0186. The zero-order valence-electron chi connectivity index (χ0n) is 8.18. The monoisotopic (exact) mass is 187 g/mol. The molecule has 0 spiro atoms. The van der Waals surface area contributed by atoms with Gasteiger partial charge in [-0.05, 0) is 20.3 Å². The molecule has 1 nitrogen and oxygen atoms in total. The molecule has 0 N–H and O–H groups in total. The van der Waals surface area contributed by atoms with E-state index >= 15 is 0 Å². The van der Waals surface area contributed by atoms with E-state index in [1.165, 1.54) is 0 Å². The summed E-state index contributed by atoms with van der Waals surface area (Å²) < 4.78 is 0. The van der Waals surface area contributed by atoms with E-state index in [2.05, 4.69) is 31.9 Å². The van der Waals surface area contributed by atoms with E-state index in [9.17, 15) is 0 Å². The molecule has 0 fully saturated rings. The van der Waals surface area contributed by atoms with Gasteiger partial charge in [-0.2, -0.15) is 0 Å². The van der Waals surface area contributed by atoms with Crippen molar-refractivity contribution in [1.82, 2.24) is 4.90 Å². The predicted molar refractivity (Wildman–Crippen MR) is 56.5 cm³/mol. The number of hydrogen-bond acceptors (Lipinski definition) is 1. The van der Waals surface area contributed by atoms with Gasteiger partial charge in [0.2, 0.25) is 0 Å². The summed E-state index contributed by atoms with van der Waals surface area (Å²) in [7, 11) is 2.01. The molecule has 70 valence electrons. The molecule has 0 saturated carbocycles. The normalized spacial score (nSPS) is 12.8. The smallest absolute Gasteiger partial charge is 0.0762 e. The van der Waals surface area contributed by atoms with E-state index < -0.39 is 0 Å². The largest absolute Gasteiger partial charge is 0.375 e. The fraction of sp³-hybridized carbons (Fsp3) is 0.600. The molecule has 0 saturated heterocycles. The highest BCUT2D eigenvalue weighted by atomic mass is 35.5. The van der Waals surface area contributed by atoms with E-state index in [1.807, 2.05) is 13.1 Å². The Morgan fingerprint density at radius 2 is 2.08 bits per heavy atom. The van der Waals surface area contributed by atoms with E-state index in [0.29, 0.717) is 6.04 Å². The molecular formula is C10H18ClN. The lowest BCUT2D eigenvalue weighted by Crippen LogP contribution is -2.29. The second kappa shape index (κ2) is 5.26. The molecule has 0 radical (unpaired) electrons. The van der Waals surface area contributed by atoms with Crippen LogP contribution in [0.25, 0.3) is 0 Å². The SMILES string of the molecule is C=CCC(Cl)C(=C)N(C)C(C)C. The van der Waals surface area contributed by atoms with Gasteiger partial charge in [-0.3, -0.25) is 0 Å². The summed E-state index contributed by atoms with van der Waals surface area (Å²) in [5.41, 5.74) is 0.964. The molecule has 0 aliphatic carbocycles. The van der Waals surface area contributed by atoms with Crippen molar-refractivity contribution < 1.29 is 0 Å². The first-order valence-corrected chi connectivity index (χ1v) is 4.61. The highest BCUT2D eigenvalue weighted by Crippen LogP contribution is 2.17. The van der Waals surface area contributed by atoms with Crippen LogP contribution in [-0.4, -0.2) is 23.4 Å². The minimum Gasteiger partial charge on any atom is -0.375 e. The summed E-state index contributed by atoms with van der Waals surface area (Å²) in [4.78, 5) is 2.08. The standard InChI is InChI=1S/C10H18ClN/c1-6-7-10(11)9(4)12(5)8(2)3/h6,8,10H,1,4,7H2,2-3,5H3. The van der Waals surface area contributed by atoms with Gasteiger partial charge in [0, 0.05) is 18.8 Å². The molecule has 1 unspecified atom stereocenters. The third kappa shape index (κ3) is 3.31. The van der Waals surface area contributed by atoms with Crippen molar-refractivity contribution in [1.29, 1.82) is 0 Å². The average Bonchev–Trinajstić information content (AvgIpc) is 2.02. The molecule has 0 rings (SSSR count). The van der Waals surface area contributed by atoms with Gasteiger partial charge in [-0.1, -0.05) is 12.7 Å². The lowest BCUT2D eigenvalue weighted by atomic mass is 10.2. The van der Waals surface area contributed by atoms with Crippen LogP contribution in [0, 0.1) is 0 Å². The van der Waals surface area contributed by atoms with Gasteiger partial charge in [-0.15, -0.1) is 18.2 Å². The first kappa shape index (κ1) is 11.6. The fourth-order valence-electron chi connectivity index (χ4n) is 0.835. The zero-order valence-corrected chi connectivity index (χ0v) is 8.93. The Bertz CT molecular complexity index is 163. The lowest BCUT2D eigenvalue weighted by molar-refractivity contribution is 0.336.